The highest BCUT2D eigenvalue weighted by Gasteiger charge is 2.55. The molecule has 142 valence electrons. The lowest BCUT2D eigenvalue weighted by Gasteiger charge is -2.43. The fraction of sp³-hybridized carbons (Fsp3) is 0.619. The van der Waals surface area contributed by atoms with Crippen LogP contribution in [0.5, 0.6) is 0 Å². The predicted molar refractivity (Wildman–Crippen MR) is 104 cm³/mol. The molecule has 2 fully saturated rings. The average molecular weight is 377 g/mol. The molecule has 1 aliphatic carbocycles. The van der Waals surface area contributed by atoms with Gasteiger partial charge in [0.1, 0.15) is 6.10 Å². The predicted octanol–water partition coefficient (Wildman–Crippen LogP) is 4.53. The first kappa shape index (κ1) is 19.2. The second kappa shape index (κ2) is 7.18. The van der Waals surface area contributed by atoms with Gasteiger partial charge in [0.2, 0.25) is 0 Å². The van der Waals surface area contributed by atoms with Gasteiger partial charge in [-0.15, -0.1) is 0 Å². The van der Waals surface area contributed by atoms with Gasteiger partial charge >= 0.3 is 11.2 Å². The van der Waals surface area contributed by atoms with Crippen molar-refractivity contribution in [3.05, 3.63) is 35.4 Å². The van der Waals surface area contributed by atoms with Crippen LogP contribution in [-0.4, -0.2) is 23.9 Å². The summed E-state index contributed by atoms with van der Waals surface area (Å²) in [7, 11) is 0. The smallest absolute Gasteiger partial charge is 0.353 e. The van der Waals surface area contributed by atoms with Gasteiger partial charge in [0.15, 0.2) is 5.60 Å². The second-order valence-corrected chi connectivity index (χ2v) is 8.70. The molecule has 2 aliphatic rings. The van der Waals surface area contributed by atoms with Gasteiger partial charge in [-0.3, -0.25) is 4.79 Å². The molecule has 1 saturated carbocycles. The van der Waals surface area contributed by atoms with Crippen LogP contribution in [0.25, 0.3) is 0 Å². The highest BCUT2D eigenvalue weighted by Crippen LogP contribution is 2.51. The van der Waals surface area contributed by atoms with Gasteiger partial charge in [-0.05, 0) is 48.6 Å². The fourth-order valence-corrected chi connectivity index (χ4v) is 4.39. The van der Waals surface area contributed by atoms with Crippen molar-refractivity contribution in [1.82, 2.24) is 0 Å². The maximum atomic E-state index is 11.7. The van der Waals surface area contributed by atoms with E-state index in [1.54, 1.807) is 0 Å². The van der Waals surface area contributed by atoms with E-state index in [9.17, 15) is 4.79 Å². The van der Waals surface area contributed by atoms with E-state index in [1.807, 2.05) is 31.2 Å². The molecule has 0 aromatic heterocycles. The van der Waals surface area contributed by atoms with Crippen molar-refractivity contribution < 1.29 is 19.0 Å². The molecule has 1 heterocycles. The Bertz CT molecular complexity index is 676. The molecule has 1 aromatic carbocycles. The molecule has 3 rings (SSSR count). The minimum Gasteiger partial charge on any atom is -0.466 e. The first-order valence-electron chi connectivity index (χ1n) is 9.39. The van der Waals surface area contributed by atoms with Crippen LogP contribution < -0.4 is 0 Å². The highest BCUT2D eigenvalue weighted by molar-refractivity contribution is 7.79. The summed E-state index contributed by atoms with van der Waals surface area (Å²) in [6.07, 6.45) is 3.14. The average Bonchev–Trinajstić information content (AvgIpc) is 2.91. The van der Waals surface area contributed by atoms with E-state index in [0.717, 1.165) is 30.4 Å². The van der Waals surface area contributed by atoms with Crippen molar-refractivity contribution in [2.45, 2.75) is 65.1 Å². The Morgan fingerprint density at radius 1 is 1.31 bits per heavy atom. The molecule has 4 nitrogen and oxygen atoms in total. The zero-order valence-electron chi connectivity index (χ0n) is 16.0. The highest BCUT2D eigenvalue weighted by atomic mass is 32.1. The van der Waals surface area contributed by atoms with Crippen molar-refractivity contribution in [1.29, 1.82) is 0 Å². The van der Waals surface area contributed by atoms with Crippen LogP contribution in [0.3, 0.4) is 0 Å². The monoisotopic (exact) mass is 376 g/mol. The van der Waals surface area contributed by atoms with E-state index in [-0.39, 0.29) is 29.1 Å². The zero-order valence-corrected chi connectivity index (χ0v) is 16.9. The number of fused-ring (bicyclic) bond motifs is 1. The molecule has 1 saturated heterocycles. The number of esters is 1. The Labute approximate surface area is 161 Å². The van der Waals surface area contributed by atoms with E-state index < -0.39 is 5.60 Å². The Balaban J connectivity index is 1.80. The van der Waals surface area contributed by atoms with Gasteiger partial charge < -0.3 is 14.2 Å². The van der Waals surface area contributed by atoms with E-state index in [4.69, 9.17) is 26.4 Å². The van der Waals surface area contributed by atoms with Gasteiger partial charge in [0, 0.05) is 12.2 Å². The number of benzene rings is 1. The van der Waals surface area contributed by atoms with E-state index >= 15 is 0 Å². The molecule has 0 amide bonds. The molecule has 0 radical (unpaired) electrons. The maximum absolute atomic E-state index is 11.7. The van der Waals surface area contributed by atoms with Gasteiger partial charge in [-0.25, -0.2) is 0 Å². The molecule has 5 heteroatoms. The van der Waals surface area contributed by atoms with Crippen LogP contribution in [0.15, 0.2) is 24.3 Å². The number of carbonyl (C=O) groups excluding carboxylic acids is 1. The third-order valence-corrected chi connectivity index (χ3v) is 5.89. The number of thiocarbonyl (C=S) groups is 1. The molecule has 3 atom stereocenters. The summed E-state index contributed by atoms with van der Waals surface area (Å²) >= 11 is 5.24. The Kier molecular flexibility index (Phi) is 5.29. The van der Waals surface area contributed by atoms with Crippen molar-refractivity contribution >= 4 is 23.4 Å². The number of hydrogen-bond donors (Lipinski definition) is 0. The summed E-state index contributed by atoms with van der Waals surface area (Å²) in [4.78, 5) is 11.7. The third kappa shape index (κ3) is 3.73. The zero-order chi connectivity index (χ0) is 18.9. The Morgan fingerprint density at radius 2 is 2.00 bits per heavy atom. The van der Waals surface area contributed by atoms with Gasteiger partial charge in [-0.2, -0.15) is 0 Å². The molecule has 26 heavy (non-hydrogen) atoms. The summed E-state index contributed by atoms with van der Waals surface area (Å²) in [5.74, 6) is 0.372. The maximum Gasteiger partial charge on any atom is 0.353 e. The summed E-state index contributed by atoms with van der Waals surface area (Å²) in [6, 6.07) is 8.02. The topological polar surface area (TPSA) is 44.8 Å². The van der Waals surface area contributed by atoms with Gasteiger partial charge in [0.25, 0.3) is 0 Å². The normalized spacial score (nSPS) is 28.1. The molecule has 1 aliphatic heterocycles. The minimum atomic E-state index is -0.499. The number of rotatable bonds is 4. The molecule has 0 N–H and O–H groups in total. The van der Waals surface area contributed by atoms with E-state index in [0.29, 0.717) is 12.5 Å². The molecule has 0 bridgehead atoms. The lowest BCUT2D eigenvalue weighted by Crippen LogP contribution is -2.44. The Hall–Kier alpha value is -1.62. The lowest BCUT2D eigenvalue weighted by molar-refractivity contribution is -0.142. The van der Waals surface area contributed by atoms with Crippen LogP contribution in [0, 0.1) is 11.3 Å². The van der Waals surface area contributed by atoms with Crippen LogP contribution >= 0.6 is 12.2 Å². The van der Waals surface area contributed by atoms with Crippen LogP contribution in [0.1, 0.15) is 58.1 Å². The summed E-state index contributed by atoms with van der Waals surface area (Å²) in [5.41, 5.74) is 1.75. The van der Waals surface area contributed by atoms with Crippen molar-refractivity contribution in [3.8, 4) is 0 Å². The van der Waals surface area contributed by atoms with Crippen molar-refractivity contribution in [2.75, 3.05) is 6.61 Å². The van der Waals surface area contributed by atoms with Gasteiger partial charge in [-0.1, -0.05) is 45.0 Å². The number of carbonyl (C=O) groups is 1. The van der Waals surface area contributed by atoms with Crippen LogP contribution in [-0.2, 0) is 31.0 Å². The van der Waals surface area contributed by atoms with Gasteiger partial charge in [0.05, 0.1) is 13.0 Å². The Morgan fingerprint density at radius 3 is 2.62 bits per heavy atom. The molecule has 3 unspecified atom stereocenters. The molecular weight excluding hydrogens is 348 g/mol. The fourth-order valence-electron chi connectivity index (χ4n) is 4.12. The summed E-state index contributed by atoms with van der Waals surface area (Å²) < 4.78 is 17.0. The molecule has 1 aromatic rings. The quantitative estimate of drug-likeness (QED) is 0.570. The summed E-state index contributed by atoms with van der Waals surface area (Å²) in [6.45, 7) is 9.06. The standard InChI is InChI=1S/C21H28O4S/c1-5-23-18(22)12-14-6-8-15(9-7-14)21-11-10-16(20(2,3)4)13-17(21)24-19(26)25-21/h6-9,16-17H,5,10-13H2,1-4H3. The van der Waals surface area contributed by atoms with Crippen molar-refractivity contribution in [2.24, 2.45) is 11.3 Å². The molecular formula is C21H28O4S. The largest absolute Gasteiger partial charge is 0.466 e. The SMILES string of the molecule is CCOC(=O)Cc1ccc(C23CCC(C(C)(C)C)CC2OC(=S)O3)cc1. The lowest BCUT2D eigenvalue weighted by atomic mass is 9.65. The van der Waals surface area contributed by atoms with Crippen LogP contribution in [0.2, 0.25) is 0 Å². The number of hydrogen-bond acceptors (Lipinski definition) is 5. The first-order valence-corrected chi connectivity index (χ1v) is 9.80. The summed E-state index contributed by atoms with van der Waals surface area (Å²) in [5, 5.41) is 0.250. The van der Waals surface area contributed by atoms with E-state index in [1.165, 1.54) is 0 Å². The number of ether oxygens (including phenoxy) is 3. The first-order chi connectivity index (χ1) is 12.2. The minimum absolute atomic E-state index is 0.0520. The third-order valence-electron chi connectivity index (χ3n) is 5.71. The molecule has 0 spiro atoms. The van der Waals surface area contributed by atoms with E-state index in [2.05, 4.69) is 20.8 Å². The van der Waals surface area contributed by atoms with Crippen LogP contribution in [0.4, 0.5) is 0 Å². The second-order valence-electron chi connectivity index (χ2n) is 8.36. The van der Waals surface area contributed by atoms with Crippen molar-refractivity contribution in [3.63, 3.8) is 0 Å².